The van der Waals surface area contributed by atoms with Crippen molar-refractivity contribution in [3.63, 3.8) is 0 Å². The molecule has 2 N–H and O–H groups in total. The Morgan fingerprint density at radius 1 is 1.29 bits per heavy atom. The van der Waals surface area contributed by atoms with Gasteiger partial charge >= 0.3 is 6.01 Å². The van der Waals surface area contributed by atoms with Gasteiger partial charge in [0.15, 0.2) is 0 Å². The minimum Gasteiger partial charge on any atom is -0.461 e. The molecule has 0 aliphatic rings. The number of benzene rings is 1. The number of hydrogen-bond donors (Lipinski definition) is 1. The zero-order chi connectivity index (χ0) is 15.4. The molecule has 0 saturated carbocycles. The van der Waals surface area contributed by atoms with E-state index in [9.17, 15) is 0 Å². The van der Waals surface area contributed by atoms with Gasteiger partial charge in [-0.3, -0.25) is 0 Å². The van der Waals surface area contributed by atoms with Crippen molar-refractivity contribution < 1.29 is 4.74 Å². The summed E-state index contributed by atoms with van der Waals surface area (Å²) in [7, 11) is 1.90. The first-order valence-electron chi connectivity index (χ1n) is 6.58. The average molecular weight is 352 g/mol. The highest BCUT2D eigenvalue weighted by Gasteiger charge is 2.11. The van der Waals surface area contributed by atoms with Crippen LogP contribution in [0.1, 0.15) is 19.4 Å². The summed E-state index contributed by atoms with van der Waals surface area (Å²) in [5, 5.41) is 0. The lowest BCUT2D eigenvalue weighted by Gasteiger charge is -2.18. The van der Waals surface area contributed by atoms with Gasteiger partial charge in [-0.25, -0.2) is 0 Å². The van der Waals surface area contributed by atoms with Gasteiger partial charge in [0, 0.05) is 18.1 Å². The number of rotatable bonds is 5. The maximum absolute atomic E-state index is 5.71. The molecule has 0 spiro atoms. The number of nitrogens with zero attached hydrogens (tertiary/aromatic N) is 4. The lowest BCUT2D eigenvalue weighted by Crippen LogP contribution is -2.21. The van der Waals surface area contributed by atoms with E-state index in [2.05, 4.69) is 30.9 Å². The summed E-state index contributed by atoms with van der Waals surface area (Å²) in [5.41, 5.74) is 6.85. The fraction of sp³-hybridized carbons (Fsp3) is 0.357. The first-order valence-corrected chi connectivity index (χ1v) is 7.37. The van der Waals surface area contributed by atoms with Crippen molar-refractivity contribution in [2.75, 3.05) is 17.7 Å². The summed E-state index contributed by atoms with van der Waals surface area (Å²) in [6.07, 6.45) is -0.0185. The Kier molecular flexibility index (Phi) is 4.95. The second-order valence-corrected chi connectivity index (χ2v) is 5.84. The van der Waals surface area contributed by atoms with Crippen LogP contribution < -0.4 is 15.4 Å². The molecule has 0 aliphatic carbocycles. The third-order valence-corrected chi connectivity index (χ3v) is 3.10. The van der Waals surface area contributed by atoms with E-state index in [0.29, 0.717) is 12.5 Å². The maximum Gasteiger partial charge on any atom is 0.323 e. The van der Waals surface area contributed by atoms with E-state index in [1.807, 2.05) is 50.1 Å². The van der Waals surface area contributed by atoms with Crippen LogP contribution in [0.4, 0.5) is 11.9 Å². The number of ether oxygens (including phenoxy) is 1. The molecule has 0 fully saturated rings. The van der Waals surface area contributed by atoms with E-state index in [1.54, 1.807) is 0 Å². The van der Waals surface area contributed by atoms with Crippen LogP contribution in [0.25, 0.3) is 0 Å². The molecular weight excluding hydrogens is 334 g/mol. The van der Waals surface area contributed by atoms with E-state index in [0.717, 1.165) is 10.0 Å². The van der Waals surface area contributed by atoms with Gasteiger partial charge in [0.05, 0.1) is 6.10 Å². The van der Waals surface area contributed by atoms with Gasteiger partial charge in [0.2, 0.25) is 11.9 Å². The van der Waals surface area contributed by atoms with Crippen molar-refractivity contribution >= 4 is 27.8 Å². The van der Waals surface area contributed by atoms with Gasteiger partial charge in [-0.05, 0) is 31.5 Å². The van der Waals surface area contributed by atoms with Crippen molar-refractivity contribution in [2.24, 2.45) is 0 Å². The van der Waals surface area contributed by atoms with Gasteiger partial charge in [-0.15, -0.1) is 0 Å². The highest BCUT2D eigenvalue weighted by atomic mass is 79.9. The molecule has 2 aromatic rings. The lowest BCUT2D eigenvalue weighted by atomic mass is 10.2. The van der Waals surface area contributed by atoms with Crippen LogP contribution in [0, 0.1) is 0 Å². The second kappa shape index (κ2) is 6.71. The Balaban J connectivity index is 2.18. The average Bonchev–Trinajstić information content (AvgIpc) is 2.37. The first-order chi connectivity index (χ1) is 9.94. The Morgan fingerprint density at radius 3 is 2.71 bits per heavy atom. The molecule has 7 heteroatoms. The molecule has 112 valence electrons. The van der Waals surface area contributed by atoms with Crippen molar-refractivity contribution in [2.45, 2.75) is 26.5 Å². The molecule has 0 radical (unpaired) electrons. The molecule has 0 aliphatic heterocycles. The summed E-state index contributed by atoms with van der Waals surface area (Å²) in [4.78, 5) is 14.3. The van der Waals surface area contributed by atoms with Crippen LogP contribution in [0.5, 0.6) is 6.01 Å². The van der Waals surface area contributed by atoms with E-state index in [-0.39, 0.29) is 18.1 Å². The standard InChI is InChI=1S/C14H18BrN5O/c1-9(2)21-14-18-12(16)17-13(19-14)20(3)8-10-5-4-6-11(15)7-10/h4-7,9H,8H2,1-3H3,(H2,16,17,18,19). The van der Waals surface area contributed by atoms with Crippen LogP contribution >= 0.6 is 15.9 Å². The van der Waals surface area contributed by atoms with Gasteiger partial charge in [-0.1, -0.05) is 28.1 Å². The van der Waals surface area contributed by atoms with E-state index in [1.165, 1.54) is 0 Å². The molecule has 0 amide bonds. The predicted octanol–water partition coefficient (Wildman–Crippen LogP) is 2.64. The van der Waals surface area contributed by atoms with Crippen LogP contribution in [0.2, 0.25) is 0 Å². The van der Waals surface area contributed by atoms with Crippen molar-refractivity contribution in [3.05, 3.63) is 34.3 Å². The zero-order valence-electron chi connectivity index (χ0n) is 12.2. The van der Waals surface area contributed by atoms with Gasteiger partial charge < -0.3 is 15.4 Å². The lowest BCUT2D eigenvalue weighted by molar-refractivity contribution is 0.222. The van der Waals surface area contributed by atoms with Crippen LogP contribution in [0.3, 0.4) is 0 Å². The molecule has 0 atom stereocenters. The smallest absolute Gasteiger partial charge is 0.323 e. The van der Waals surface area contributed by atoms with Gasteiger partial charge in [-0.2, -0.15) is 15.0 Å². The van der Waals surface area contributed by atoms with Crippen LogP contribution in [-0.4, -0.2) is 28.1 Å². The molecular formula is C14H18BrN5O. The minimum absolute atomic E-state index is 0.0185. The summed E-state index contributed by atoms with van der Waals surface area (Å²) in [6, 6.07) is 8.30. The Bertz CT molecular complexity index is 620. The largest absolute Gasteiger partial charge is 0.461 e. The molecule has 21 heavy (non-hydrogen) atoms. The number of nitrogens with two attached hydrogens (primary N) is 1. The molecule has 0 saturated heterocycles. The summed E-state index contributed by atoms with van der Waals surface area (Å²) >= 11 is 3.46. The topological polar surface area (TPSA) is 77.2 Å². The summed E-state index contributed by atoms with van der Waals surface area (Å²) < 4.78 is 6.51. The van der Waals surface area contributed by atoms with E-state index < -0.39 is 0 Å². The molecule has 1 aromatic heterocycles. The number of halogens is 1. The third kappa shape index (κ3) is 4.56. The SMILES string of the molecule is CC(C)Oc1nc(N)nc(N(C)Cc2cccc(Br)c2)n1. The quantitative estimate of drug-likeness (QED) is 0.892. The Hall–Kier alpha value is -1.89. The number of anilines is 2. The number of aromatic nitrogens is 3. The fourth-order valence-electron chi connectivity index (χ4n) is 1.78. The van der Waals surface area contributed by atoms with Gasteiger partial charge in [0.1, 0.15) is 0 Å². The molecule has 1 aromatic carbocycles. The van der Waals surface area contributed by atoms with Crippen molar-refractivity contribution in [1.82, 2.24) is 15.0 Å². The van der Waals surface area contributed by atoms with E-state index in [4.69, 9.17) is 10.5 Å². The molecule has 0 unspecified atom stereocenters. The van der Waals surface area contributed by atoms with E-state index >= 15 is 0 Å². The minimum atomic E-state index is -0.0185. The highest BCUT2D eigenvalue weighted by molar-refractivity contribution is 9.10. The Morgan fingerprint density at radius 2 is 2.05 bits per heavy atom. The number of hydrogen-bond acceptors (Lipinski definition) is 6. The summed E-state index contributed by atoms with van der Waals surface area (Å²) in [6.45, 7) is 4.47. The van der Waals surface area contributed by atoms with Gasteiger partial charge in [0.25, 0.3) is 0 Å². The second-order valence-electron chi connectivity index (χ2n) is 4.93. The summed E-state index contributed by atoms with van der Waals surface area (Å²) in [5.74, 6) is 0.634. The molecule has 1 heterocycles. The van der Waals surface area contributed by atoms with Crippen molar-refractivity contribution in [3.8, 4) is 6.01 Å². The predicted molar refractivity (Wildman–Crippen MR) is 86.3 cm³/mol. The van der Waals surface area contributed by atoms with Crippen molar-refractivity contribution in [1.29, 1.82) is 0 Å². The van der Waals surface area contributed by atoms with Crippen LogP contribution in [0.15, 0.2) is 28.7 Å². The highest BCUT2D eigenvalue weighted by Crippen LogP contribution is 2.17. The molecule has 2 rings (SSSR count). The zero-order valence-corrected chi connectivity index (χ0v) is 13.8. The third-order valence-electron chi connectivity index (χ3n) is 2.61. The first kappa shape index (κ1) is 15.5. The van der Waals surface area contributed by atoms with Crippen LogP contribution in [-0.2, 0) is 6.54 Å². The maximum atomic E-state index is 5.71. The molecule has 6 nitrogen and oxygen atoms in total. The fourth-order valence-corrected chi connectivity index (χ4v) is 2.22. The monoisotopic (exact) mass is 351 g/mol. The number of nitrogen functional groups attached to an aromatic ring is 1. The molecule has 0 bridgehead atoms. The normalized spacial score (nSPS) is 10.7. The Labute approximate surface area is 132 Å².